The Hall–Kier alpha value is -1.99. The SMILES string of the molecule is CNC(=O)NCCN=C(N)N=C(N)N. The normalized spacial score (nSPS) is 10.5. The number of carbonyl (C=O) groups excluding carboxylic acids is 1. The Kier molecular flexibility index (Phi) is 5.59. The molecule has 0 aliphatic rings. The quantitative estimate of drug-likeness (QED) is 0.195. The first-order chi connectivity index (χ1) is 6.56. The summed E-state index contributed by atoms with van der Waals surface area (Å²) in [7, 11) is 1.52. The molecule has 0 heterocycles. The summed E-state index contributed by atoms with van der Waals surface area (Å²) in [5.41, 5.74) is 15.4. The zero-order chi connectivity index (χ0) is 11.0. The van der Waals surface area contributed by atoms with Crippen LogP contribution in [0.3, 0.4) is 0 Å². The smallest absolute Gasteiger partial charge is 0.314 e. The molecule has 0 aromatic rings. The van der Waals surface area contributed by atoms with E-state index in [0.29, 0.717) is 13.1 Å². The predicted octanol–water partition coefficient (Wildman–Crippen LogP) is -2.50. The molecule has 0 unspecified atom stereocenters. The topological polar surface area (TPSA) is 144 Å². The van der Waals surface area contributed by atoms with Crippen LogP contribution in [-0.4, -0.2) is 38.1 Å². The van der Waals surface area contributed by atoms with E-state index < -0.39 is 0 Å². The molecule has 0 bridgehead atoms. The van der Waals surface area contributed by atoms with E-state index in [0.717, 1.165) is 0 Å². The highest BCUT2D eigenvalue weighted by Gasteiger charge is 1.93. The van der Waals surface area contributed by atoms with Crippen LogP contribution in [0, 0.1) is 0 Å². The largest absolute Gasteiger partial charge is 0.370 e. The number of nitrogens with two attached hydrogens (primary N) is 3. The highest BCUT2D eigenvalue weighted by molar-refractivity contribution is 5.92. The minimum absolute atomic E-state index is 0.0105. The number of nitrogens with one attached hydrogen (secondary N) is 2. The fraction of sp³-hybridized carbons (Fsp3) is 0.500. The third-order valence-electron chi connectivity index (χ3n) is 1.14. The standard InChI is InChI=1S/C6H15N7O/c1-10-6(14)12-3-2-11-5(9)13-4(7)8/h2-3H2,1H3,(H2,10,12,14)(H6,7,8,9,11,13). The van der Waals surface area contributed by atoms with E-state index in [1.807, 2.05) is 0 Å². The van der Waals surface area contributed by atoms with Crippen LogP contribution in [-0.2, 0) is 0 Å². The summed E-state index contributed by atoms with van der Waals surface area (Å²) in [6.45, 7) is 0.677. The number of guanidine groups is 2. The average Bonchev–Trinajstić information content (AvgIpc) is 2.10. The van der Waals surface area contributed by atoms with Crippen molar-refractivity contribution in [2.75, 3.05) is 20.1 Å². The molecule has 80 valence electrons. The summed E-state index contributed by atoms with van der Waals surface area (Å²) < 4.78 is 0. The zero-order valence-corrected chi connectivity index (χ0v) is 7.95. The second kappa shape index (κ2) is 6.52. The Morgan fingerprint density at radius 3 is 2.50 bits per heavy atom. The number of carbonyl (C=O) groups is 1. The molecule has 8 heteroatoms. The molecular formula is C6H15N7O. The van der Waals surface area contributed by atoms with Crippen molar-refractivity contribution in [2.24, 2.45) is 27.2 Å². The predicted molar refractivity (Wildman–Crippen MR) is 54.8 cm³/mol. The molecular weight excluding hydrogens is 186 g/mol. The van der Waals surface area contributed by atoms with Gasteiger partial charge in [0.2, 0.25) is 5.96 Å². The molecule has 0 radical (unpaired) electrons. The van der Waals surface area contributed by atoms with Crippen molar-refractivity contribution >= 4 is 18.0 Å². The Morgan fingerprint density at radius 2 is 2.00 bits per heavy atom. The molecule has 0 aliphatic carbocycles. The molecule has 0 saturated carbocycles. The molecule has 0 aliphatic heterocycles. The summed E-state index contributed by atoms with van der Waals surface area (Å²) in [6, 6.07) is -0.277. The molecule has 0 atom stereocenters. The van der Waals surface area contributed by atoms with Gasteiger partial charge in [-0.3, -0.25) is 0 Å². The molecule has 0 saturated heterocycles. The molecule has 8 N–H and O–H groups in total. The van der Waals surface area contributed by atoms with E-state index in [1.165, 1.54) is 7.05 Å². The highest BCUT2D eigenvalue weighted by Crippen LogP contribution is 1.73. The number of rotatable bonds is 3. The lowest BCUT2D eigenvalue weighted by Gasteiger charge is -2.00. The van der Waals surface area contributed by atoms with Crippen LogP contribution in [0.1, 0.15) is 0 Å². The first kappa shape index (κ1) is 12.0. The summed E-state index contributed by atoms with van der Waals surface area (Å²) in [5.74, 6) is -0.158. The highest BCUT2D eigenvalue weighted by atomic mass is 16.2. The van der Waals surface area contributed by atoms with E-state index in [1.54, 1.807) is 0 Å². The second-order valence-electron chi connectivity index (χ2n) is 2.28. The first-order valence-electron chi connectivity index (χ1n) is 3.91. The lowest BCUT2D eigenvalue weighted by Crippen LogP contribution is -2.34. The van der Waals surface area contributed by atoms with Crippen LogP contribution < -0.4 is 27.8 Å². The van der Waals surface area contributed by atoms with E-state index in [2.05, 4.69) is 20.6 Å². The molecule has 8 nitrogen and oxygen atoms in total. The summed E-state index contributed by atoms with van der Waals surface area (Å²) >= 11 is 0. The van der Waals surface area contributed by atoms with Gasteiger partial charge in [0, 0.05) is 13.6 Å². The van der Waals surface area contributed by atoms with Crippen LogP contribution in [0.2, 0.25) is 0 Å². The van der Waals surface area contributed by atoms with E-state index in [-0.39, 0.29) is 18.0 Å². The van der Waals surface area contributed by atoms with Crippen LogP contribution in [0.25, 0.3) is 0 Å². The van der Waals surface area contributed by atoms with Gasteiger partial charge in [-0.2, -0.15) is 4.99 Å². The maximum atomic E-state index is 10.7. The number of hydrogen-bond donors (Lipinski definition) is 5. The number of nitrogens with zero attached hydrogens (tertiary/aromatic N) is 2. The van der Waals surface area contributed by atoms with Gasteiger partial charge in [-0.1, -0.05) is 0 Å². The number of amides is 2. The minimum Gasteiger partial charge on any atom is -0.370 e. The van der Waals surface area contributed by atoms with E-state index >= 15 is 0 Å². The molecule has 0 spiro atoms. The number of hydrogen-bond acceptors (Lipinski definition) is 2. The van der Waals surface area contributed by atoms with Crippen LogP contribution in [0.15, 0.2) is 9.98 Å². The Labute approximate surface area is 81.6 Å². The van der Waals surface area contributed by atoms with Crippen molar-refractivity contribution in [1.82, 2.24) is 10.6 Å². The molecule has 0 aromatic carbocycles. The van der Waals surface area contributed by atoms with Gasteiger partial charge in [0.05, 0.1) is 6.54 Å². The van der Waals surface area contributed by atoms with Crippen LogP contribution >= 0.6 is 0 Å². The molecule has 14 heavy (non-hydrogen) atoms. The fourth-order valence-corrected chi connectivity index (χ4v) is 0.596. The minimum atomic E-state index is -0.277. The summed E-state index contributed by atoms with van der Waals surface area (Å²) in [6.07, 6.45) is 0. The number of aliphatic imine (C=N–C) groups is 2. The zero-order valence-electron chi connectivity index (χ0n) is 7.95. The fourth-order valence-electron chi connectivity index (χ4n) is 0.596. The van der Waals surface area contributed by atoms with Crippen molar-refractivity contribution in [2.45, 2.75) is 0 Å². The second-order valence-corrected chi connectivity index (χ2v) is 2.28. The van der Waals surface area contributed by atoms with Crippen molar-refractivity contribution in [3.63, 3.8) is 0 Å². The summed E-state index contributed by atoms with van der Waals surface area (Å²) in [4.78, 5) is 17.9. The first-order valence-corrected chi connectivity index (χ1v) is 3.91. The Balaban J connectivity index is 3.72. The van der Waals surface area contributed by atoms with Crippen molar-refractivity contribution in [3.05, 3.63) is 0 Å². The average molecular weight is 201 g/mol. The monoisotopic (exact) mass is 201 g/mol. The van der Waals surface area contributed by atoms with Crippen molar-refractivity contribution < 1.29 is 4.79 Å². The van der Waals surface area contributed by atoms with Gasteiger partial charge in [-0.05, 0) is 0 Å². The van der Waals surface area contributed by atoms with E-state index in [9.17, 15) is 4.79 Å². The van der Waals surface area contributed by atoms with Gasteiger partial charge in [0.15, 0.2) is 5.96 Å². The van der Waals surface area contributed by atoms with Gasteiger partial charge >= 0.3 is 6.03 Å². The van der Waals surface area contributed by atoms with E-state index in [4.69, 9.17) is 17.2 Å². The van der Waals surface area contributed by atoms with Gasteiger partial charge in [-0.25, -0.2) is 9.79 Å². The number of urea groups is 1. The third kappa shape index (κ3) is 6.70. The van der Waals surface area contributed by atoms with Crippen LogP contribution in [0.5, 0.6) is 0 Å². The third-order valence-corrected chi connectivity index (χ3v) is 1.14. The molecule has 0 aromatic heterocycles. The van der Waals surface area contributed by atoms with Crippen molar-refractivity contribution in [1.29, 1.82) is 0 Å². The van der Waals surface area contributed by atoms with Crippen molar-refractivity contribution in [3.8, 4) is 0 Å². The van der Waals surface area contributed by atoms with Gasteiger partial charge in [0.1, 0.15) is 0 Å². The van der Waals surface area contributed by atoms with Gasteiger partial charge in [-0.15, -0.1) is 0 Å². The van der Waals surface area contributed by atoms with Gasteiger partial charge in [0.25, 0.3) is 0 Å². The lowest BCUT2D eigenvalue weighted by atomic mass is 10.6. The Bertz CT molecular complexity index is 243. The molecule has 2 amide bonds. The maximum Gasteiger partial charge on any atom is 0.314 e. The Morgan fingerprint density at radius 1 is 1.36 bits per heavy atom. The van der Waals surface area contributed by atoms with Crippen LogP contribution in [0.4, 0.5) is 4.79 Å². The molecule has 0 rings (SSSR count). The summed E-state index contributed by atoms with van der Waals surface area (Å²) in [5, 5.41) is 4.91. The molecule has 0 fully saturated rings. The maximum absolute atomic E-state index is 10.7. The lowest BCUT2D eigenvalue weighted by molar-refractivity contribution is 0.243. The van der Waals surface area contributed by atoms with Gasteiger partial charge < -0.3 is 27.8 Å².